The molecule has 2 aliphatic heterocycles. The zero-order valence-corrected chi connectivity index (χ0v) is 9.44. The molecular weight excluding hydrogens is 220 g/mol. The van der Waals surface area contributed by atoms with Gasteiger partial charge in [0.2, 0.25) is 0 Å². The average molecular weight is 234 g/mol. The lowest BCUT2D eigenvalue weighted by molar-refractivity contribution is -0.136. The maximum atomic E-state index is 10.7. The number of benzene rings is 1. The summed E-state index contributed by atoms with van der Waals surface area (Å²) in [6, 6.07) is 5.81. The first-order valence-corrected chi connectivity index (χ1v) is 5.75. The van der Waals surface area contributed by atoms with Gasteiger partial charge in [0.05, 0.1) is 19.6 Å². The van der Waals surface area contributed by atoms with Gasteiger partial charge < -0.3 is 14.6 Å². The third kappa shape index (κ3) is 1.73. The van der Waals surface area contributed by atoms with E-state index < -0.39 is 5.97 Å². The average Bonchev–Trinajstić information content (AvgIpc) is 2.88. The molecular formula is C13H14O4. The molecule has 1 spiro atoms. The van der Waals surface area contributed by atoms with E-state index in [4.69, 9.17) is 14.6 Å². The highest BCUT2D eigenvalue weighted by atomic mass is 16.6. The van der Waals surface area contributed by atoms with Crippen LogP contribution in [0.4, 0.5) is 0 Å². The molecule has 0 amide bonds. The molecule has 1 atom stereocenters. The smallest absolute Gasteiger partial charge is 0.307 e. The van der Waals surface area contributed by atoms with Gasteiger partial charge in [-0.25, -0.2) is 0 Å². The largest absolute Gasteiger partial charge is 0.481 e. The molecule has 1 aromatic carbocycles. The van der Waals surface area contributed by atoms with Crippen LogP contribution in [0.15, 0.2) is 18.2 Å². The van der Waals surface area contributed by atoms with Crippen molar-refractivity contribution < 1.29 is 19.4 Å². The van der Waals surface area contributed by atoms with E-state index >= 15 is 0 Å². The molecule has 4 nitrogen and oxygen atoms in total. The number of carbonyl (C=O) groups is 1. The Hall–Kier alpha value is -1.39. The van der Waals surface area contributed by atoms with Crippen LogP contribution in [0.25, 0.3) is 0 Å². The van der Waals surface area contributed by atoms with Crippen molar-refractivity contribution in [2.75, 3.05) is 13.2 Å². The Balaban J connectivity index is 1.93. The van der Waals surface area contributed by atoms with Crippen molar-refractivity contribution in [3.05, 3.63) is 34.9 Å². The number of hydrogen-bond acceptors (Lipinski definition) is 3. The van der Waals surface area contributed by atoms with Gasteiger partial charge in [-0.3, -0.25) is 4.79 Å². The molecule has 1 unspecified atom stereocenters. The van der Waals surface area contributed by atoms with Gasteiger partial charge in [-0.1, -0.05) is 18.2 Å². The van der Waals surface area contributed by atoms with Gasteiger partial charge >= 0.3 is 5.97 Å². The van der Waals surface area contributed by atoms with Crippen LogP contribution < -0.4 is 0 Å². The Kier molecular flexibility index (Phi) is 2.42. The molecule has 1 N–H and O–H groups in total. The fourth-order valence-electron chi connectivity index (χ4n) is 2.66. The van der Waals surface area contributed by atoms with Gasteiger partial charge in [0, 0.05) is 13.0 Å². The number of fused-ring (bicyclic) bond motifs is 2. The van der Waals surface area contributed by atoms with Gasteiger partial charge in [0.25, 0.3) is 0 Å². The molecule has 3 rings (SSSR count). The second-order valence-corrected chi connectivity index (χ2v) is 4.65. The molecule has 1 saturated heterocycles. The molecule has 17 heavy (non-hydrogen) atoms. The summed E-state index contributed by atoms with van der Waals surface area (Å²) in [5.41, 5.74) is 2.84. The van der Waals surface area contributed by atoms with Gasteiger partial charge in [0.15, 0.2) is 0 Å². The molecule has 0 radical (unpaired) electrons. The van der Waals surface area contributed by atoms with E-state index in [1.54, 1.807) is 0 Å². The summed E-state index contributed by atoms with van der Waals surface area (Å²) >= 11 is 0. The quantitative estimate of drug-likeness (QED) is 0.841. The zero-order valence-electron chi connectivity index (χ0n) is 9.44. The Labute approximate surface area is 99.2 Å². The summed E-state index contributed by atoms with van der Waals surface area (Å²) < 4.78 is 11.3. The van der Waals surface area contributed by atoms with Crippen LogP contribution >= 0.6 is 0 Å². The molecule has 1 aromatic rings. The highest BCUT2D eigenvalue weighted by Crippen LogP contribution is 2.42. The van der Waals surface area contributed by atoms with Crippen LogP contribution in [0.5, 0.6) is 0 Å². The second-order valence-electron chi connectivity index (χ2n) is 4.65. The summed E-state index contributed by atoms with van der Waals surface area (Å²) in [5.74, 6) is -0.803. The maximum Gasteiger partial charge on any atom is 0.307 e. The number of carboxylic acid groups (broad SMARTS) is 1. The van der Waals surface area contributed by atoms with Crippen molar-refractivity contribution in [1.82, 2.24) is 0 Å². The lowest BCUT2D eigenvalue weighted by atomic mass is 9.90. The second kappa shape index (κ2) is 3.82. The Bertz CT molecular complexity index is 460. The summed E-state index contributed by atoms with van der Waals surface area (Å²) in [7, 11) is 0. The third-order valence-corrected chi connectivity index (χ3v) is 3.51. The topological polar surface area (TPSA) is 55.8 Å². The van der Waals surface area contributed by atoms with Gasteiger partial charge in [-0.2, -0.15) is 0 Å². The van der Waals surface area contributed by atoms with Crippen molar-refractivity contribution in [3.8, 4) is 0 Å². The summed E-state index contributed by atoms with van der Waals surface area (Å²) in [6.07, 6.45) is 0.953. The van der Waals surface area contributed by atoms with E-state index in [1.807, 2.05) is 18.2 Å². The fraction of sp³-hybridized carbons (Fsp3) is 0.462. The van der Waals surface area contributed by atoms with Gasteiger partial charge in [0.1, 0.15) is 5.60 Å². The van der Waals surface area contributed by atoms with E-state index in [9.17, 15) is 4.79 Å². The van der Waals surface area contributed by atoms with Crippen molar-refractivity contribution in [2.24, 2.45) is 0 Å². The van der Waals surface area contributed by atoms with Crippen LogP contribution in [0, 0.1) is 0 Å². The molecule has 0 saturated carbocycles. The minimum absolute atomic E-state index is 0.0662. The SMILES string of the molecule is O=C(O)Cc1ccc2c(c1)COC21CCOC1. The zero-order chi connectivity index (χ0) is 11.9. The van der Waals surface area contributed by atoms with E-state index in [0.29, 0.717) is 13.2 Å². The highest BCUT2D eigenvalue weighted by molar-refractivity contribution is 5.70. The number of rotatable bonds is 2. The maximum absolute atomic E-state index is 10.7. The fourth-order valence-corrected chi connectivity index (χ4v) is 2.66. The number of ether oxygens (including phenoxy) is 2. The van der Waals surface area contributed by atoms with Crippen molar-refractivity contribution in [3.63, 3.8) is 0 Å². The van der Waals surface area contributed by atoms with E-state index in [-0.39, 0.29) is 12.0 Å². The molecule has 2 heterocycles. The summed E-state index contributed by atoms with van der Waals surface area (Å²) in [4.78, 5) is 10.7. The molecule has 2 aliphatic rings. The molecule has 1 fully saturated rings. The molecule has 0 aliphatic carbocycles. The minimum atomic E-state index is -0.803. The standard InChI is InChI=1S/C13H14O4/c14-12(15)6-9-1-2-11-10(5-9)7-17-13(11)3-4-16-8-13/h1-2,5H,3-4,6-8H2,(H,14,15). The Morgan fingerprint density at radius 1 is 1.47 bits per heavy atom. The first kappa shape index (κ1) is 10.7. The molecule has 90 valence electrons. The van der Waals surface area contributed by atoms with Gasteiger partial charge in [-0.05, 0) is 16.7 Å². The Morgan fingerprint density at radius 2 is 2.35 bits per heavy atom. The third-order valence-electron chi connectivity index (χ3n) is 3.51. The van der Waals surface area contributed by atoms with Crippen LogP contribution in [0.3, 0.4) is 0 Å². The lowest BCUT2D eigenvalue weighted by Crippen LogP contribution is -2.25. The van der Waals surface area contributed by atoms with Crippen LogP contribution in [0.2, 0.25) is 0 Å². The monoisotopic (exact) mass is 234 g/mol. The predicted molar refractivity (Wildman–Crippen MR) is 59.7 cm³/mol. The van der Waals surface area contributed by atoms with Gasteiger partial charge in [-0.15, -0.1) is 0 Å². The Morgan fingerprint density at radius 3 is 3.06 bits per heavy atom. The first-order chi connectivity index (χ1) is 8.20. The van der Waals surface area contributed by atoms with E-state index in [1.165, 1.54) is 5.56 Å². The predicted octanol–water partition coefficient (Wildman–Crippen LogP) is 1.46. The van der Waals surface area contributed by atoms with E-state index in [0.717, 1.165) is 24.2 Å². The van der Waals surface area contributed by atoms with E-state index in [2.05, 4.69) is 0 Å². The summed E-state index contributed by atoms with van der Waals surface area (Å²) in [5, 5.41) is 8.77. The summed E-state index contributed by atoms with van der Waals surface area (Å²) in [6.45, 7) is 1.90. The molecule has 4 heteroatoms. The first-order valence-electron chi connectivity index (χ1n) is 5.75. The number of carboxylic acids is 1. The normalized spacial score (nSPS) is 26.4. The minimum Gasteiger partial charge on any atom is -0.481 e. The molecule has 0 aromatic heterocycles. The van der Waals surface area contributed by atoms with Crippen molar-refractivity contribution in [2.45, 2.75) is 25.0 Å². The van der Waals surface area contributed by atoms with Crippen molar-refractivity contribution in [1.29, 1.82) is 0 Å². The number of aliphatic carboxylic acids is 1. The highest BCUT2D eigenvalue weighted by Gasteiger charge is 2.43. The van der Waals surface area contributed by atoms with Crippen LogP contribution in [-0.2, 0) is 32.9 Å². The van der Waals surface area contributed by atoms with Crippen LogP contribution in [0.1, 0.15) is 23.1 Å². The lowest BCUT2D eigenvalue weighted by Gasteiger charge is -2.21. The molecule has 0 bridgehead atoms. The van der Waals surface area contributed by atoms with Crippen molar-refractivity contribution >= 4 is 5.97 Å². The van der Waals surface area contributed by atoms with Crippen LogP contribution in [-0.4, -0.2) is 24.3 Å². The number of hydrogen-bond donors (Lipinski definition) is 1.